The maximum Gasteiger partial charge on any atom is 0.236 e. The number of piperidine rings is 1. The minimum atomic E-state index is 0.230. The van der Waals surface area contributed by atoms with Gasteiger partial charge in [-0.25, -0.2) is 0 Å². The highest BCUT2D eigenvalue weighted by atomic mass is 16.2. The fourth-order valence-corrected chi connectivity index (χ4v) is 4.01. The van der Waals surface area contributed by atoms with Crippen molar-refractivity contribution >= 4 is 5.91 Å². The second-order valence-corrected chi connectivity index (χ2v) is 9.83. The van der Waals surface area contributed by atoms with Gasteiger partial charge in [-0.3, -0.25) is 19.5 Å². The summed E-state index contributed by atoms with van der Waals surface area (Å²) >= 11 is 0. The lowest BCUT2D eigenvalue weighted by molar-refractivity contribution is -0.134. The van der Waals surface area contributed by atoms with Gasteiger partial charge in [0.25, 0.3) is 0 Å². The third-order valence-electron chi connectivity index (χ3n) is 6.03. The van der Waals surface area contributed by atoms with Crippen molar-refractivity contribution in [2.45, 2.75) is 71.5 Å². The summed E-state index contributed by atoms with van der Waals surface area (Å²) in [6.07, 6.45) is 2.19. The Hall–Kier alpha value is -0.650. The third kappa shape index (κ3) is 5.66. The van der Waals surface area contributed by atoms with Crippen LogP contribution in [0.15, 0.2) is 0 Å². The van der Waals surface area contributed by atoms with Crippen LogP contribution in [0.3, 0.4) is 0 Å². The molecule has 0 atom stereocenters. The van der Waals surface area contributed by atoms with Crippen molar-refractivity contribution < 1.29 is 4.79 Å². The van der Waals surface area contributed by atoms with Crippen molar-refractivity contribution in [3.8, 4) is 0 Å². The molecule has 0 radical (unpaired) electrons. The molecule has 0 bridgehead atoms. The van der Waals surface area contributed by atoms with Crippen LogP contribution in [0.5, 0.6) is 0 Å². The summed E-state index contributed by atoms with van der Waals surface area (Å²) in [4.78, 5) is 22.1. The number of likely N-dealkylation sites (tertiary alicyclic amines) is 1. The van der Waals surface area contributed by atoms with Crippen LogP contribution >= 0.6 is 0 Å². The highest BCUT2D eigenvalue weighted by molar-refractivity contribution is 5.78. The number of nitrogens with zero attached hydrogens (tertiary/aromatic N) is 4. The van der Waals surface area contributed by atoms with Crippen LogP contribution in [-0.4, -0.2) is 95.5 Å². The van der Waals surface area contributed by atoms with Crippen molar-refractivity contribution in [1.29, 1.82) is 0 Å². The first kappa shape index (κ1) is 20.7. The predicted molar refractivity (Wildman–Crippen MR) is 105 cm³/mol. The molecule has 5 nitrogen and oxygen atoms in total. The zero-order valence-corrected chi connectivity index (χ0v) is 17.6. The average molecular weight is 353 g/mol. The Morgan fingerprint density at radius 2 is 1.28 bits per heavy atom. The van der Waals surface area contributed by atoms with Gasteiger partial charge in [-0.2, -0.15) is 0 Å². The zero-order chi connectivity index (χ0) is 18.8. The zero-order valence-electron chi connectivity index (χ0n) is 17.6. The second-order valence-electron chi connectivity index (χ2n) is 9.83. The van der Waals surface area contributed by atoms with Gasteiger partial charge in [-0.05, 0) is 54.4 Å². The van der Waals surface area contributed by atoms with E-state index in [1.165, 1.54) is 0 Å². The summed E-state index contributed by atoms with van der Waals surface area (Å²) in [5.74, 6) is 0.290. The molecule has 25 heavy (non-hydrogen) atoms. The van der Waals surface area contributed by atoms with Crippen molar-refractivity contribution in [1.82, 2.24) is 19.6 Å². The molecule has 0 spiro atoms. The monoisotopic (exact) mass is 352 g/mol. The Labute approximate surface area is 155 Å². The molecule has 2 aliphatic rings. The van der Waals surface area contributed by atoms with Crippen molar-refractivity contribution in [3.63, 3.8) is 0 Å². The van der Waals surface area contributed by atoms with E-state index in [1.54, 1.807) is 0 Å². The molecule has 5 heteroatoms. The largest absolute Gasteiger partial charge is 0.342 e. The van der Waals surface area contributed by atoms with Gasteiger partial charge in [0, 0.05) is 63.4 Å². The third-order valence-corrected chi connectivity index (χ3v) is 6.03. The number of rotatable bonds is 3. The molecule has 0 saturated carbocycles. The fourth-order valence-electron chi connectivity index (χ4n) is 4.01. The van der Waals surface area contributed by atoms with E-state index in [2.05, 4.69) is 56.2 Å². The van der Waals surface area contributed by atoms with Gasteiger partial charge in [-0.15, -0.1) is 0 Å². The molecule has 2 saturated heterocycles. The van der Waals surface area contributed by atoms with Crippen LogP contribution in [0.1, 0.15) is 54.4 Å². The number of carbonyl (C=O) groups is 1. The van der Waals surface area contributed by atoms with E-state index >= 15 is 0 Å². The average Bonchev–Trinajstić information content (AvgIpc) is 2.53. The summed E-state index contributed by atoms with van der Waals surface area (Å²) in [6, 6.07) is 0.405. The maximum absolute atomic E-state index is 12.7. The quantitative estimate of drug-likeness (QED) is 0.778. The van der Waals surface area contributed by atoms with Crippen LogP contribution in [0.25, 0.3) is 0 Å². The van der Waals surface area contributed by atoms with Crippen LogP contribution in [0.2, 0.25) is 0 Å². The van der Waals surface area contributed by atoms with E-state index < -0.39 is 0 Å². The van der Waals surface area contributed by atoms with Crippen LogP contribution in [0, 0.1) is 0 Å². The smallest absolute Gasteiger partial charge is 0.236 e. The standard InChI is InChI=1S/C20H40N4O/c1-19(2,3)23-10-8-17(9-11-23)21(7)18(25)16-22-12-14-24(15-13-22)20(4,5)6/h17H,8-16H2,1-7H3. The van der Waals surface area contributed by atoms with E-state index in [4.69, 9.17) is 0 Å². The molecular formula is C20H40N4O. The van der Waals surface area contributed by atoms with Gasteiger partial charge < -0.3 is 4.90 Å². The Kier molecular flexibility index (Phi) is 6.55. The number of piperazine rings is 1. The van der Waals surface area contributed by atoms with E-state index in [-0.39, 0.29) is 11.1 Å². The minimum absolute atomic E-state index is 0.230. The van der Waals surface area contributed by atoms with Crippen LogP contribution in [0.4, 0.5) is 0 Å². The summed E-state index contributed by atoms with van der Waals surface area (Å²) in [7, 11) is 2.01. The van der Waals surface area contributed by atoms with Gasteiger partial charge in [0.15, 0.2) is 0 Å². The van der Waals surface area contributed by atoms with Crippen molar-refractivity contribution in [2.24, 2.45) is 0 Å². The first-order valence-electron chi connectivity index (χ1n) is 9.96. The van der Waals surface area contributed by atoms with Gasteiger partial charge in [0.05, 0.1) is 6.54 Å². The van der Waals surface area contributed by atoms with E-state index in [1.807, 2.05) is 11.9 Å². The molecule has 146 valence electrons. The molecule has 1 amide bonds. The maximum atomic E-state index is 12.7. The minimum Gasteiger partial charge on any atom is -0.342 e. The molecule has 0 N–H and O–H groups in total. The molecule has 0 aromatic heterocycles. The van der Waals surface area contributed by atoms with E-state index in [9.17, 15) is 4.79 Å². The molecule has 0 aromatic carbocycles. The molecule has 2 aliphatic heterocycles. The first-order chi connectivity index (χ1) is 11.5. The SMILES string of the molecule is CN(C(=O)CN1CCN(C(C)(C)C)CC1)C1CCN(C(C)(C)C)CC1. The number of hydrogen-bond donors (Lipinski definition) is 0. The Balaban J connectivity index is 1.76. The Morgan fingerprint density at radius 3 is 1.72 bits per heavy atom. The second kappa shape index (κ2) is 7.93. The number of carbonyl (C=O) groups excluding carboxylic acids is 1. The molecule has 0 aromatic rings. The number of hydrogen-bond acceptors (Lipinski definition) is 4. The summed E-state index contributed by atoms with van der Waals surface area (Å²) < 4.78 is 0. The molecule has 2 heterocycles. The van der Waals surface area contributed by atoms with Gasteiger partial charge in [-0.1, -0.05) is 0 Å². The lowest BCUT2D eigenvalue weighted by atomic mass is 9.97. The number of likely N-dealkylation sites (N-methyl/N-ethyl adjacent to an activating group) is 1. The van der Waals surface area contributed by atoms with E-state index in [0.29, 0.717) is 18.5 Å². The van der Waals surface area contributed by atoms with Crippen LogP contribution in [-0.2, 0) is 4.79 Å². The molecule has 0 aliphatic carbocycles. The summed E-state index contributed by atoms with van der Waals surface area (Å²) in [6.45, 7) is 20.5. The molecule has 2 fully saturated rings. The molecule has 2 rings (SSSR count). The Morgan fingerprint density at radius 1 is 0.840 bits per heavy atom. The highest BCUT2D eigenvalue weighted by Crippen LogP contribution is 2.23. The topological polar surface area (TPSA) is 30.0 Å². The number of amides is 1. The van der Waals surface area contributed by atoms with E-state index in [0.717, 1.165) is 52.1 Å². The first-order valence-corrected chi connectivity index (χ1v) is 9.96. The fraction of sp³-hybridized carbons (Fsp3) is 0.950. The molecular weight excluding hydrogens is 312 g/mol. The van der Waals surface area contributed by atoms with Crippen molar-refractivity contribution in [3.05, 3.63) is 0 Å². The summed E-state index contributed by atoms with van der Waals surface area (Å²) in [5.41, 5.74) is 0.466. The summed E-state index contributed by atoms with van der Waals surface area (Å²) in [5, 5.41) is 0. The van der Waals surface area contributed by atoms with Gasteiger partial charge in [0.2, 0.25) is 5.91 Å². The molecule has 0 unspecified atom stereocenters. The van der Waals surface area contributed by atoms with Crippen molar-refractivity contribution in [2.75, 3.05) is 52.9 Å². The Bertz CT molecular complexity index is 436. The van der Waals surface area contributed by atoms with Gasteiger partial charge >= 0.3 is 0 Å². The lowest BCUT2D eigenvalue weighted by Crippen LogP contribution is -2.56. The normalized spacial score (nSPS) is 23.0. The van der Waals surface area contributed by atoms with Gasteiger partial charge in [0.1, 0.15) is 0 Å². The highest BCUT2D eigenvalue weighted by Gasteiger charge is 2.31. The lowest BCUT2D eigenvalue weighted by Gasteiger charge is -2.44. The predicted octanol–water partition coefficient (Wildman–Crippen LogP) is 2.12. The van der Waals surface area contributed by atoms with Crippen LogP contribution < -0.4 is 0 Å².